The monoisotopic (exact) mass is 509 g/mol. The lowest BCUT2D eigenvalue weighted by Crippen LogP contribution is -2.45. The molecule has 1 saturated carbocycles. The minimum Gasteiger partial charge on any atom is -0.342 e. The number of fused-ring (bicyclic) bond motifs is 2. The van der Waals surface area contributed by atoms with E-state index in [2.05, 4.69) is 33.6 Å². The van der Waals surface area contributed by atoms with Crippen LogP contribution in [0.25, 0.3) is 22.2 Å². The molecule has 38 heavy (non-hydrogen) atoms. The Bertz CT molecular complexity index is 1510. The number of nitrogens with zero attached hydrogens (tertiary/aromatic N) is 7. The van der Waals surface area contributed by atoms with E-state index in [4.69, 9.17) is 4.98 Å². The molecule has 0 unspecified atom stereocenters. The van der Waals surface area contributed by atoms with Crippen molar-refractivity contribution < 1.29 is 9.59 Å². The Kier molecular flexibility index (Phi) is 6.59. The van der Waals surface area contributed by atoms with Gasteiger partial charge in [-0.2, -0.15) is 5.10 Å². The molecule has 1 aliphatic carbocycles. The maximum Gasteiger partial charge on any atom is 0.244 e. The lowest BCUT2D eigenvalue weighted by atomic mass is 9.62. The van der Waals surface area contributed by atoms with Crippen LogP contribution in [0.2, 0.25) is 0 Å². The van der Waals surface area contributed by atoms with Gasteiger partial charge in [0.15, 0.2) is 5.78 Å². The standard InChI is InChI=1S/C28H32BN7O2/c1-7-9-23(30-8-2)29-24-12-28(6)11-22(28)36(24)25(38)15-35-27-16(3)33-21(19-13-31-18(5)32-14-19)10-20(27)26(34-35)17(4)37/h7-10,13-14,22,24,29H,2,11-12,15H2,1,3-6H3/b9-7-,30-23+/t22-,24+,28-/m1/s1. The van der Waals surface area contributed by atoms with Crippen molar-refractivity contribution in [3.63, 3.8) is 0 Å². The number of carbonyl (C=O) groups excluding carboxylic acids is 2. The zero-order chi connectivity index (χ0) is 27.2. The number of pyridine rings is 1. The number of aromatic nitrogens is 5. The highest BCUT2D eigenvalue weighted by molar-refractivity contribution is 6.79. The van der Waals surface area contributed by atoms with Gasteiger partial charge < -0.3 is 4.90 Å². The first-order chi connectivity index (χ1) is 18.1. The van der Waals surface area contributed by atoms with Gasteiger partial charge in [0.1, 0.15) is 18.1 Å². The van der Waals surface area contributed by atoms with E-state index in [0.29, 0.717) is 41.1 Å². The van der Waals surface area contributed by atoms with E-state index < -0.39 is 0 Å². The Hall–Kier alpha value is -3.95. The molecule has 2 fully saturated rings. The topological polar surface area (TPSA) is 106 Å². The van der Waals surface area contributed by atoms with Crippen LogP contribution in [-0.2, 0) is 11.3 Å². The molecule has 0 aromatic carbocycles. The van der Waals surface area contributed by atoms with Crippen molar-refractivity contribution >= 4 is 35.5 Å². The lowest BCUT2D eigenvalue weighted by Gasteiger charge is -2.27. The fraction of sp³-hybridized carbons (Fsp3) is 0.393. The maximum atomic E-state index is 13.8. The SMILES string of the molecule is C=C/N=C(B[C@@H]1C[C@@]2(C)C[C@H]2N1C(=O)Cn1nc(C(C)=O)c2cc(-c3cnc(C)nc3)nc(C)c21)\C=C/C. The Morgan fingerprint density at radius 1 is 1.26 bits per heavy atom. The largest absolute Gasteiger partial charge is 0.342 e. The van der Waals surface area contributed by atoms with Crippen LogP contribution < -0.4 is 0 Å². The minimum absolute atomic E-state index is 0.00503. The maximum absolute atomic E-state index is 13.8. The Balaban J connectivity index is 1.49. The second-order valence-corrected chi connectivity index (χ2v) is 10.6. The van der Waals surface area contributed by atoms with Crippen molar-refractivity contribution in [1.29, 1.82) is 0 Å². The lowest BCUT2D eigenvalue weighted by molar-refractivity contribution is -0.132. The molecule has 0 N–H and O–H groups in total. The predicted octanol–water partition coefficient (Wildman–Crippen LogP) is 3.60. The van der Waals surface area contributed by atoms with Crippen LogP contribution in [0.1, 0.15) is 55.6 Å². The van der Waals surface area contributed by atoms with E-state index in [-0.39, 0.29) is 35.6 Å². The number of aryl methyl sites for hydroxylation is 2. The molecule has 2 aliphatic rings. The zero-order valence-electron chi connectivity index (χ0n) is 22.6. The van der Waals surface area contributed by atoms with E-state index in [9.17, 15) is 9.59 Å². The van der Waals surface area contributed by atoms with E-state index in [1.165, 1.54) is 6.92 Å². The molecule has 1 saturated heterocycles. The van der Waals surface area contributed by atoms with Gasteiger partial charge in [-0.25, -0.2) is 9.97 Å². The van der Waals surface area contributed by atoms with Crippen LogP contribution >= 0.6 is 0 Å². The third-order valence-electron chi connectivity index (χ3n) is 7.68. The average Bonchev–Trinajstić information content (AvgIpc) is 3.22. The quantitative estimate of drug-likeness (QED) is 0.261. The first-order valence-corrected chi connectivity index (χ1v) is 12.9. The van der Waals surface area contributed by atoms with Gasteiger partial charge >= 0.3 is 0 Å². The second-order valence-electron chi connectivity index (χ2n) is 10.6. The number of carbonyl (C=O) groups is 2. The molecule has 0 spiro atoms. The molecule has 10 heteroatoms. The molecule has 9 nitrogen and oxygen atoms in total. The number of amides is 1. The second kappa shape index (κ2) is 9.74. The van der Waals surface area contributed by atoms with Crippen LogP contribution in [0, 0.1) is 19.3 Å². The summed E-state index contributed by atoms with van der Waals surface area (Å²) in [7, 11) is 0.676. The van der Waals surface area contributed by atoms with Crippen LogP contribution in [-0.4, -0.2) is 66.2 Å². The third-order valence-corrected chi connectivity index (χ3v) is 7.68. The summed E-state index contributed by atoms with van der Waals surface area (Å²) in [5.74, 6) is 0.559. The zero-order valence-corrected chi connectivity index (χ0v) is 22.6. The number of hydrogen-bond acceptors (Lipinski definition) is 7. The van der Waals surface area contributed by atoms with Gasteiger partial charge in [0, 0.05) is 54.1 Å². The van der Waals surface area contributed by atoms with Crippen molar-refractivity contribution in [1.82, 2.24) is 29.6 Å². The highest BCUT2D eigenvalue weighted by Crippen LogP contribution is 2.59. The van der Waals surface area contributed by atoms with Gasteiger partial charge in [-0.05, 0) is 45.1 Å². The van der Waals surface area contributed by atoms with Crippen LogP contribution in [0.3, 0.4) is 0 Å². The van der Waals surface area contributed by atoms with Crippen LogP contribution in [0.4, 0.5) is 0 Å². The first-order valence-electron chi connectivity index (χ1n) is 12.9. The average molecular weight is 509 g/mol. The minimum atomic E-state index is -0.164. The smallest absolute Gasteiger partial charge is 0.244 e. The molecule has 3 aromatic rings. The summed E-state index contributed by atoms with van der Waals surface area (Å²) in [5, 5.41) is 5.29. The highest BCUT2D eigenvalue weighted by Gasteiger charge is 2.62. The third kappa shape index (κ3) is 4.59. The summed E-state index contributed by atoms with van der Waals surface area (Å²) in [4.78, 5) is 46.1. The Morgan fingerprint density at radius 2 is 2.00 bits per heavy atom. The molecule has 3 atom stereocenters. The summed E-state index contributed by atoms with van der Waals surface area (Å²) >= 11 is 0. The van der Waals surface area contributed by atoms with Gasteiger partial charge in [0.05, 0.1) is 16.9 Å². The van der Waals surface area contributed by atoms with Crippen molar-refractivity contribution in [2.45, 2.75) is 66.0 Å². The molecule has 1 aliphatic heterocycles. The van der Waals surface area contributed by atoms with Crippen molar-refractivity contribution in [3.05, 3.63) is 60.6 Å². The van der Waals surface area contributed by atoms with Crippen molar-refractivity contribution in [2.75, 3.05) is 0 Å². The molecule has 1 amide bonds. The number of rotatable bonds is 8. The number of allylic oxidation sites excluding steroid dienone is 2. The normalized spacial score (nSPS) is 22.7. The van der Waals surface area contributed by atoms with E-state index >= 15 is 0 Å². The van der Waals surface area contributed by atoms with E-state index in [1.807, 2.05) is 43.9 Å². The van der Waals surface area contributed by atoms with E-state index in [0.717, 1.165) is 24.0 Å². The predicted molar refractivity (Wildman–Crippen MR) is 149 cm³/mol. The molecular formula is C28H32BN7O2. The van der Waals surface area contributed by atoms with Gasteiger partial charge in [-0.15, -0.1) is 0 Å². The molecule has 0 radical (unpaired) electrons. The number of ketones is 1. The number of hydrogen-bond donors (Lipinski definition) is 0. The Labute approximate surface area is 223 Å². The van der Waals surface area contributed by atoms with E-state index in [1.54, 1.807) is 23.3 Å². The summed E-state index contributed by atoms with van der Waals surface area (Å²) < 4.78 is 1.64. The molecule has 0 bridgehead atoms. The van der Waals surface area contributed by atoms with Crippen LogP contribution in [0.15, 0.2) is 48.4 Å². The molecule has 5 rings (SSSR count). The van der Waals surface area contributed by atoms with Crippen molar-refractivity contribution in [3.8, 4) is 11.3 Å². The fourth-order valence-corrected chi connectivity index (χ4v) is 5.84. The van der Waals surface area contributed by atoms with Gasteiger partial charge in [0.2, 0.25) is 13.2 Å². The number of likely N-dealkylation sites (tertiary alicyclic amines) is 1. The van der Waals surface area contributed by atoms with Gasteiger partial charge in [-0.3, -0.25) is 24.2 Å². The summed E-state index contributed by atoms with van der Waals surface area (Å²) in [6.45, 7) is 13.2. The number of piperidine rings is 1. The fourth-order valence-electron chi connectivity index (χ4n) is 5.84. The Morgan fingerprint density at radius 3 is 2.66 bits per heavy atom. The summed E-state index contributed by atoms with van der Waals surface area (Å²) in [6, 6.07) is 2.06. The summed E-state index contributed by atoms with van der Waals surface area (Å²) in [6.07, 6.45) is 10.9. The van der Waals surface area contributed by atoms with Gasteiger partial charge in [-0.1, -0.05) is 25.7 Å². The summed E-state index contributed by atoms with van der Waals surface area (Å²) in [5.41, 5.74) is 4.18. The first kappa shape index (κ1) is 25.7. The molecule has 4 heterocycles. The highest BCUT2D eigenvalue weighted by atomic mass is 16.2. The molecule has 194 valence electrons. The number of Topliss-reactive ketones (excluding diaryl/α,β-unsaturated/α-hetero) is 1. The molecule has 3 aromatic heterocycles. The van der Waals surface area contributed by atoms with Crippen LogP contribution in [0.5, 0.6) is 0 Å². The van der Waals surface area contributed by atoms with Crippen molar-refractivity contribution in [2.24, 2.45) is 10.4 Å². The van der Waals surface area contributed by atoms with Gasteiger partial charge in [0.25, 0.3) is 0 Å². The number of aliphatic imine (C=N–C) groups is 1. The molecular weight excluding hydrogens is 477 g/mol.